The van der Waals surface area contributed by atoms with Crippen LogP contribution in [-0.2, 0) is 11.0 Å². The number of rotatable bonds is 5. The van der Waals surface area contributed by atoms with E-state index in [2.05, 4.69) is 22.0 Å². The zero-order chi connectivity index (χ0) is 26.3. The maximum atomic E-state index is 13.3. The van der Waals surface area contributed by atoms with Crippen LogP contribution in [-0.4, -0.2) is 44.6 Å². The highest BCUT2D eigenvalue weighted by molar-refractivity contribution is 6.09. The zero-order valence-corrected chi connectivity index (χ0v) is 19.2. The lowest BCUT2D eigenvalue weighted by atomic mass is 10.1. The van der Waals surface area contributed by atoms with Gasteiger partial charge in [-0.1, -0.05) is 36.9 Å². The SMILES string of the molecule is C=C(F)C(=O)N1CC(n2nc(-c3ccc(C(F)(F)F)cc3)c3nccc(NC(=O)c4ccccc4)c32)C1. The number of amides is 2. The van der Waals surface area contributed by atoms with Gasteiger partial charge in [-0.15, -0.1) is 0 Å². The quantitative estimate of drug-likeness (QED) is 0.295. The number of anilines is 1. The smallest absolute Gasteiger partial charge is 0.332 e. The number of fused-ring (bicyclic) bond motifs is 1. The van der Waals surface area contributed by atoms with Gasteiger partial charge in [0.2, 0.25) is 0 Å². The molecule has 1 fully saturated rings. The van der Waals surface area contributed by atoms with Crippen LogP contribution in [0.5, 0.6) is 0 Å². The summed E-state index contributed by atoms with van der Waals surface area (Å²) >= 11 is 0. The van der Waals surface area contributed by atoms with Crippen LogP contribution in [0.4, 0.5) is 23.2 Å². The second-order valence-corrected chi connectivity index (χ2v) is 8.51. The van der Waals surface area contributed by atoms with Crippen molar-refractivity contribution in [3.05, 3.63) is 90.4 Å². The fraction of sp³-hybridized carbons (Fsp3) is 0.154. The summed E-state index contributed by atoms with van der Waals surface area (Å²) in [5.41, 5.74) is 1.47. The Morgan fingerprint density at radius 3 is 2.30 bits per heavy atom. The van der Waals surface area contributed by atoms with Crippen molar-refractivity contribution in [3.63, 3.8) is 0 Å². The Kier molecular flexibility index (Phi) is 5.98. The van der Waals surface area contributed by atoms with Gasteiger partial charge in [-0.25, -0.2) is 4.39 Å². The Morgan fingerprint density at radius 1 is 1.00 bits per heavy atom. The third kappa shape index (κ3) is 4.55. The summed E-state index contributed by atoms with van der Waals surface area (Å²) in [6, 6.07) is 14.2. The monoisotopic (exact) mass is 509 g/mol. The fourth-order valence-corrected chi connectivity index (χ4v) is 4.17. The number of likely N-dealkylation sites (tertiary alicyclic amines) is 1. The van der Waals surface area contributed by atoms with E-state index in [0.717, 1.165) is 12.1 Å². The first-order chi connectivity index (χ1) is 17.6. The summed E-state index contributed by atoms with van der Waals surface area (Å²) in [6.45, 7) is 3.29. The molecule has 0 atom stereocenters. The van der Waals surface area contributed by atoms with Crippen molar-refractivity contribution in [2.45, 2.75) is 12.2 Å². The van der Waals surface area contributed by atoms with Crippen molar-refractivity contribution in [2.24, 2.45) is 0 Å². The van der Waals surface area contributed by atoms with E-state index in [-0.39, 0.29) is 25.0 Å². The highest BCUT2D eigenvalue weighted by atomic mass is 19.4. The van der Waals surface area contributed by atoms with Crippen molar-refractivity contribution in [1.29, 1.82) is 0 Å². The Labute approximate surface area is 208 Å². The molecule has 0 bridgehead atoms. The molecule has 2 amide bonds. The highest BCUT2D eigenvalue weighted by Crippen LogP contribution is 2.37. The summed E-state index contributed by atoms with van der Waals surface area (Å²) in [6.07, 6.45) is -3.03. The second kappa shape index (κ2) is 9.16. The first kappa shape index (κ1) is 24.2. The molecule has 2 aromatic heterocycles. The third-order valence-electron chi connectivity index (χ3n) is 6.08. The molecule has 0 spiro atoms. The van der Waals surface area contributed by atoms with E-state index in [0.29, 0.717) is 33.5 Å². The third-order valence-corrected chi connectivity index (χ3v) is 6.08. The number of carbonyl (C=O) groups excluding carboxylic acids is 2. The molecule has 3 heterocycles. The first-order valence-corrected chi connectivity index (χ1v) is 11.2. The molecule has 4 aromatic rings. The number of nitrogens with one attached hydrogen (secondary N) is 1. The molecule has 1 aliphatic rings. The Balaban J connectivity index is 1.58. The van der Waals surface area contributed by atoms with Crippen molar-refractivity contribution in [2.75, 3.05) is 18.4 Å². The van der Waals surface area contributed by atoms with Crippen LogP contribution in [0.25, 0.3) is 22.3 Å². The molecular weight excluding hydrogens is 490 g/mol. The van der Waals surface area contributed by atoms with Gasteiger partial charge in [-0.2, -0.15) is 18.3 Å². The molecule has 11 heteroatoms. The van der Waals surface area contributed by atoms with Gasteiger partial charge in [-0.3, -0.25) is 19.3 Å². The van der Waals surface area contributed by atoms with Crippen molar-refractivity contribution in [3.8, 4) is 11.3 Å². The summed E-state index contributed by atoms with van der Waals surface area (Å²) < 4.78 is 54.1. The topological polar surface area (TPSA) is 80.1 Å². The minimum atomic E-state index is -4.49. The number of hydrogen-bond donors (Lipinski definition) is 1. The fourth-order valence-electron chi connectivity index (χ4n) is 4.17. The predicted octanol–water partition coefficient (Wildman–Crippen LogP) is 5.24. The number of alkyl halides is 3. The first-order valence-electron chi connectivity index (χ1n) is 11.2. The molecule has 37 heavy (non-hydrogen) atoms. The van der Waals surface area contributed by atoms with Gasteiger partial charge in [0, 0.05) is 30.4 Å². The van der Waals surface area contributed by atoms with E-state index >= 15 is 0 Å². The molecule has 0 saturated carbocycles. The van der Waals surface area contributed by atoms with Crippen LogP contribution in [0.1, 0.15) is 22.0 Å². The van der Waals surface area contributed by atoms with Gasteiger partial charge in [0.15, 0.2) is 5.83 Å². The molecule has 7 nitrogen and oxygen atoms in total. The molecular formula is C26H19F4N5O2. The number of carbonyl (C=O) groups is 2. The van der Waals surface area contributed by atoms with Gasteiger partial charge in [0.1, 0.15) is 16.7 Å². The van der Waals surface area contributed by atoms with Crippen LogP contribution in [0, 0.1) is 0 Å². The van der Waals surface area contributed by atoms with Gasteiger partial charge in [0.05, 0.1) is 17.3 Å². The van der Waals surface area contributed by atoms with Gasteiger partial charge < -0.3 is 10.2 Å². The van der Waals surface area contributed by atoms with Gasteiger partial charge >= 0.3 is 6.18 Å². The number of nitrogens with zero attached hydrogens (tertiary/aromatic N) is 4. The minimum absolute atomic E-state index is 0.131. The average molecular weight is 509 g/mol. The van der Waals surface area contributed by atoms with Crippen LogP contribution < -0.4 is 5.32 Å². The van der Waals surface area contributed by atoms with Crippen molar-refractivity contribution >= 4 is 28.5 Å². The molecule has 2 aromatic carbocycles. The molecule has 1 aliphatic heterocycles. The normalized spacial score (nSPS) is 13.9. The lowest BCUT2D eigenvalue weighted by molar-refractivity contribution is -0.137. The molecule has 1 saturated heterocycles. The van der Waals surface area contributed by atoms with E-state index < -0.39 is 23.5 Å². The number of pyridine rings is 1. The van der Waals surface area contributed by atoms with Crippen LogP contribution in [0.3, 0.4) is 0 Å². The molecule has 0 radical (unpaired) electrons. The lowest BCUT2D eigenvalue weighted by Crippen LogP contribution is -2.51. The predicted molar refractivity (Wildman–Crippen MR) is 128 cm³/mol. The number of halogens is 4. The van der Waals surface area contributed by atoms with Gasteiger partial charge in [0.25, 0.3) is 11.8 Å². The molecule has 0 unspecified atom stereocenters. The maximum absolute atomic E-state index is 13.3. The van der Waals surface area contributed by atoms with Crippen LogP contribution in [0.2, 0.25) is 0 Å². The standard InChI is InChI=1S/C26H19F4N5O2/c1-15(27)25(37)34-13-19(14-34)35-23-20(32-24(36)17-5-3-2-4-6-17)11-12-31-22(23)21(33-35)16-7-9-18(10-8-16)26(28,29)30/h2-12,19H,1,13-14H2,(H,31,32,36). The van der Waals surface area contributed by atoms with E-state index in [1.54, 1.807) is 41.1 Å². The van der Waals surface area contributed by atoms with E-state index in [1.807, 2.05) is 0 Å². The Hall–Kier alpha value is -4.54. The molecule has 5 rings (SSSR count). The molecule has 0 aliphatic carbocycles. The van der Waals surface area contributed by atoms with Crippen molar-refractivity contribution < 1.29 is 27.2 Å². The van der Waals surface area contributed by atoms with E-state index in [4.69, 9.17) is 0 Å². The summed E-state index contributed by atoms with van der Waals surface area (Å²) in [4.78, 5) is 30.5. The minimum Gasteiger partial charge on any atom is -0.332 e. The highest BCUT2D eigenvalue weighted by Gasteiger charge is 2.36. The van der Waals surface area contributed by atoms with Gasteiger partial charge in [-0.05, 0) is 30.3 Å². The average Bonchev–Trinajstić information content (AvgIpc) is 3.23. The summed E-state index contributed by atoms with van der Waals surface area (Å²) in [5.74, 6) is -2.28. The van der Waals surface area contributed by atoms with E-state index in [1.165, 1.54) is 23.2 Å². The molecule has 188 valence electrons. The largest absolute Gasteiger partial charge is 0.416 e. The summed E-state index contributed by atoms with van der Waals surface area (Å²) in [7, 11) is 0. The number of hydrogen-bond acceptors (Lipinski definition) is 4. The number of benzene rings is 2. The van der Waals surface area contributed by atoms with Crippen LogP contribution in [0.15, 0.2) is 79.3 Å². The Morgan fingerprint density at radius 2 is 1.68 bits per heavy atom. The summed E-state index contributed by atoms with van der Waals surface area (Å²) in [5, 5.41) is 7.47. The van der Waals surface area contributed by atoms with Crippen molar-refractivity contribution in [1.82, 2.24) is 19.7 Å². The second-order valence-electron chi connectivity index (χ2n) is 8.51. The number of aromatic nitrogens is 3. The van der Waals surface area contributed by atoms with Crippen LogP contribution >= 0.6 is 0 Å². The zero-order valence-electron chi connectivity index (χ0n) is 19.2. The van der Waals surface area contributed by atoms with E-state index in [9.17, 15) is 27.2 Å². The lowest BCUT2D eigenvalue weighted by Gasteiger charge is -2.39. The Bertz CT molecular complexity index is 1510. The maximum Gasteiger partial charge on any atom is 0.416 e. The molecule has 1 N–H and O–H groups in total.